The molecule has 1 nitrogen and oxygen atoms in total. The SMILES string of the molecule is C1=CC(Cc2ccccc2)C2NC3C(=CC2=C1)CCCC3Cc1ccccc1. The van der Waals surface area contributed by atoms with Crippen LogP contribution in [0.3, 0.4) is 0 Å². The lowest BCUT2D eigenvalue weighted by molar-refractivity contribution is 0.276. The van der Waals surface area contributed by atoms with Gasteiger partial charge in [-0.1, -0.05) is 90.5 Å². The maximum absolute atomic E-state index is 4.11. The van der Waals surface area contributed by atoms with Gasteiger partial charge in [0.25, 0.3) is 0 Å². The molecule has 1 heteroatoms. The largest absolute Gasteiger partial charge is 0.303 e. The third-order valence-electron chi connectivity index (χ3n) is 6.71. The summed E-state index contributed by atoms with van der Waals surface area (Å²) < 4.78 is 0. The van der Waals surface area contributed by atoms with Crippen LogP contribution >= 0.6 is 0 Å². The third kappa shape index (κ3) is 3.64. The maximum Gasteiger partial charge on any atom is 0.0392 e. The highest BCUT2D eigenvalue weighted by Gasteiger charge is 2.37. The van der Waals surface area contributed by atoms with Gasteiger partial charge in [0.1, 0.15) is 0 Å². The van der Waals surface area contributed by atoms with Crippen molar-refractivity contribution in [1.29, 1.82) is 0 Å². The van der Waals surface area contributed by atoms with Crippen LogP contribution in [0.15, 0.2) is 96.1 Å². The zero-order valence-corrected chi connectivity index (χ0v) is 16.4. The Hall–Kier alpha value is -2.38. The molecule has 2 aromatic rings. The molecule has 2 aliphatic carbocycles. The molecule has 4 unspecified atom stereocenters. The lowest BCUT2D eigenvalue weighted by Gasteiger charge is -2.44. The van der Waals surface area contributed by atoms with Crippen molar-refractivity contribution in [3.05, 3.63) is 107 Å². The molecule has 0 bridgehead atoms. The zero-order valence-electron chi connectivity index (χ0n) is 16.4. The molecule has 0 radical (unpaired) electrons. The van der Waals surface area contributed by atoms with Gasteiger partial charge in [-0.05, 0) is 54.7 Å². The van der Waals surface area contributed by atoms with Crippen molar-refractivity contribution in [2.75, 3.05) is 0 Å². The van der Waals surface area contributed by atoms with Crippen LogP contribution < -0.4 is 5.32 Å². The molecule has 0 spiro atoms. The molecule has 142 valence electrons. The summed E-state index contributed by atoms with van der Waals surface area (Å²) in [7, 11) is 0. The summed E-state index contributed by atoms with van der Waals surface area (Å²) in [6, 6.07) is 22.9. The number of nitrogens with one attached hydrogen (secondary N) is 1. The van der Waals surface area contributed by atoms with Gasteiger partial charge in [0, 0.05) is 18.0 Å². The van der Waals surface area contributed by atoms with E-state index in [9.17, 15) is 0 Å². The number of rotatable bonds is 4. The van der Waals surface area contributed by atoms with Crippen molar-refractivity contribution in [3.8, 4) is 0 Å². The molecule has 4 atom stereocenters. The van der Waals surface area contributed by atoms with E-state index < -0.39 is 0 Å². The van der Waals surface area contributed by atoms with Crippen molar-refractivity contribution in [2.24, 2.45) is 11.8 Å². The van der Waals surface area contributed by atoms with Crippen LogP contribution in [0, 0.1) is 11.8 Å². The molecule has 1 fully saturated rings. The van der Waals surface area contributed by atoms with Crippen molar-refractivity contribution in [1.82, 2.24) is 5.32 Å². The minimum absolute atomic E-state index is 0.440. The normalized spacial score (nSPS) is 28.7. The molecular formula is C27H29N. The smallest absolute Gasteiger partial charge is 0.0392 e. The van der Waals surface area contributed by atoms with Crippen LogP contribution in [0.4, 0.5) is 0 Å². The predicted octanol–water partition coefficient (Wildman–Crippen LogP) is 5.65. The molecule has 1 saturated carbocycles. The van der Waals surface area contributed by atoms with Gasteiger partial charge in [0.15, 0.2) is 0 Å². The van der Waals surface area contributed by atoms with Gasteiger partial charge in [-0.25, -0.2) is 0 Å². The molecule has 3 aliphatic rings. The van der Waals surface area contributed by atoms with Gasteiger partial charge >= 0.3 is 0 Å². The first-order valence-corrected chi connectivity index (χ1v) is 10.8. The van der Waals surface area contributed by atoms with E-state index in [1.54, 1.807) is 5.57 Å². The summed E-state index contributed by atoms with van der Waals surface area (Å²) in [6.45, 7) is 0. The van der Waals surface area contributed by atoms with E-state index in [1.807, 2.05) is 0 Å². The molecular weight excluding hydrogens is 338 g/mol. The molecule has 1 aliphatic heterocycles. The molecule has 2 aromatic carbocycles. The number of benzene rings is 2. The van der Waals surface area contributed by atoms with Crippen LogP contribution in [-0.4, -0.2) is 12.1 Å². The van der Waals surface area contributed by atoms with Gasteiger partial charge in [0.05, 0.1) is 0 Å². The monoisotopic (exact) mass is 367 g/mol. The van der Waals surface area contributed by atoms with Gasteiger partial charge in [-0.2, -0.15) is 0 Å². The second-order valence-electron chi connectivity index (χ2n) is 8.59. The molecule has 5 rings (SSSR count). The Bertz CT molecular complexity index is 890. The van der Waals surface area contributed by atoms with E-state index >= 15 is 0 Å². The van der Waals surface area contributed by atoms with E-state index in [0.717, 1.165) is 6.42 Å². The quantitative estimate of drug-likeness (QED) is 0.736. The summed E-state index contributed by atoms with van der Waals surface area (Å²) in [5, 5.41) is 4.11. The van der Waals surface area contributed by atoms with Crippen LogP contribution in [0.5, 0.6) is 0 Å². The predicted molar refractivity (Wildman–Crippen MR) is 117 cm³/mol. The van der Waals surface area contributed by atoms with E-state index in [1.165, 1.54) is 42.4 Å². The summed E-state index contributed by atoms with van der Waals surface area (Å²) in [5.74, 6) is 1.23. The van der Waals surface area contributed by atoms with Crippen molar-refractivity contribution < 1.29 is 0 Å². The standard InChI is InChI=1S/C27H29N/c1-3-9-20(10-4-1)17-22-13-7-15-24-19-25-16-8-14-23(27(25)28-26(22)24)18-21-11-5-2-6-12-21/h1-7,9-13,15,19,22-23,26-28H,8,14,16-18H2. The number of fused-ring (bicyclic) bond motifs is 2. The van der Waals surface area contributed by atoms with Gasteiger partial charge in [0.2, 0.25) is 0 Å². The topological polar surface area (TPSA) is 12.0 Å². The Balaban J connectivity index is 1.38. The molecule has 1 N–H and O–H groups in total. The number of hydrogen-bond donors (Lipinski definition) is 1. The number of hydrogen-bond acceptors (Lipinski definition) is 1. The second-order valence-corrected chi connectivity index (χ2v) is 8.59. The Morgan fingerprint density at radius 1 is 0.821 bits per heavy atom. The minimum atomic E-state index is 0.440. The van der Waals surface area contributed by atoms with Gasteiger partial charge in [-0.3, -0.25) is 0 Å². The van der Waals surface area contributed by atoms with E-state index in [2.05, 4.69) is 90.3 Å². The highest BCUT2D eigenvalue weighted by Crippen LogP contribution is 2.38. The average Bonchev–Trinajstić information content (AvgIpc) is 2.75. The Labute approximate surface area is 168 Å². The van der Waals surface area contributed by atoms with Crippen LogP contribution in [0.1, 0.15) is 30.4 Å². The fraction of sp³-hybridized carbons (Fsp3) is 0.333. The van der Waals surface area contributed by atoms with E-state index in [0.29, 0.717) is 23.9 Å². The molecule has 0 amide bonds. The summed E-state index contributed by atoms with van der Waals surface area (Å²) in [6.07, 6.45) is 15.7. The van der Waals surface area contributed by atoms with Gasteiger partial charge in [-0.15, -0.1) is 0 Å². The van der Waals surface area contributed by atoms with Crippen LogP contribution in [-0.2, 0) is 12.8 Å². The van der Waals surface area contributed by atoms with Crippen LogP contribution in [0.25, 0.3) is 0 Å². The first-order chi connectivity index (χ1) is 13.9. The Morgan fingerprint density at radius 3 is 2.29 bits per heavy atom. The first kappa shape index (κ1) is 17.7. The van der Waals surface area contributed by atoms with E-state index in [-0.39, 0.29) is 0 Å². The highest BCUT2D eigenvalue weighted by atomic mass is 15.0. The first-order valence-electron chi connectivity index (χ1n) is 10.8. The minimum Gasteiger partial charge on any atom is -0.303 e. The Kier molecular flexibility index (Phi) is 5.01. The average molecular weight is 368 g/mol. The summed E-state index contributed by atoms with van der Waals surface area (Å²) in [5.41, 5.74) is 6.01. The van der Waals surface area contributed by atoms with E-state index in [4.69, 9.17) is 0 Å². The Morgan fingerprint density at radius 2 is 1.54 bits per heavy atom. The highest BCUT2D eigenvalue weighted by molar-refractivity contribution is 5.43. The fourth-order valence-corrected chi connectivity index (χ4v) is 5.34. The lowest BCUT2D eigenvalue weighted by atomic mass is 9.72. The second kappa shape index (κ2) is 7.93. The maximum atomic E-state index is 4.11. The van der Waals surface area contributed by atoms with Crippen molar-refractivity contribution >= 4 is 0 Å². The molecule has 0 aromatic heterocycles. The van der Waals surface area contributed by atoms with Crippen molar-refractivity contribution in [3.63, 3.8) is 0 Å². The molecule has 28 heavy (non-hydrogen) atoms. The molecule has 0 saturated heterocycles. The van der Waals surface area contributed by atoms with Gasteiger partial charge < -0.3 is 5.32 Å². The molecule has 1 heterocycles. The lowest BCUT2D eigenvalue weighted by Crippen LogP contribution is -2.52. The third-order valence-corrected chi connectivity index (χ3v) is 6.71. The number of allylic oxidation sites excluding steroid dienone is 2. The van der Waals surface area contributed by atoms with Crippen molar-refractivity contribution in [2.45, 2.75) is 44.2 Å². The zero-order chi connectivity index (χ0) is 18.8. The summed E-state index contributed by atoms with van der Waals surface area (Å²) in [4.78, 5) is 0. The summed E-state index contributed by atoms with van der Waals surface area (Å²) >= 11 is 0. The van der Waals surface area contributed by atoms with Crippen LogP contribution in [0.2, 0.25) is 0 Å². The fourth-order valence-electron chi connectivity index (χ4n) is 5.34.